The van der Waals surface area contributed by atoms with Crippen molar-refractivity contribution in [3.05, 3.63) is 24.1 Å². The lowest BCUT2D eigenvalue weighted by molar-refractivity contribution is 0.174. The summed E-state index contributed by atoms with van der Waals surface area (Å²) in [6.07, 6.45) is 3.48. The van der Waals surface area contributed by atoms with E-state index < -0.39 is 0 Å². The van der Waals surface area contributed by atoms with E-state index in [1.165, 1.54) is 11.8 Å². The molecule has 2 heterocycles. The molecule has 0 saturated carbocycles. The number of thioether (sulfide) groups is 1. The van der Waals surface area contributed by atoms with E-state index in [4.69, 9.17) is 9.26 Å². The predicted molar refractivity (Wildman–Crippen MR) is 57.9 cm³/mol. The number of ether oxygens (including phenoxy) is 1. The number of hydrogen-bond donors (Lipinski definition) is 1. The Bertz CT molecular complexity index is 428. The zero-order chi connectivity index (χ0) is 11.4. The second-order valence-corrected chi connectivity index (χ2v) is 4.47. The van der Waals surface area contributed by atoms with E-state index in [1.807, 2.05) is 6.92 Å². The summed E-state index contributed by atoms with van der Waals surface area (Å²) >= 11 is 1.53. The second-order valence-electron chi connectivity index (χ2n) is 3.14. The summed E-state index contributed by atoms with van der Waals surface area (Å²) in [5, 5.41) is 4.69. The maximum atomic E-state index is 5.12. The molecule has 0 unspecified atom stereocenters. The Hall–Kier alpha value is -1.34. The highest BCUT2D eigenvalue weighted by Gasteiger charge is 2.16. The van der Waals surface area contributed by atoms with Crippen LogP contribution in [-0.4, -0.2) is 27.2 Å². The molecule has 0 fully saturated rings. The van der Waals surface area contributed by atoms with Gasteiger partial charge in [-0.2, -0.15) is 4.98 Å². The van der Waals surface area contributed by atoms with Crippen LogP contribution in [-0.2, 0) is 11.3 Å². The van der Waals surface area contributed by atoms with Crippen molar-refractivity contribution < 1.29 is 9.26 Å². The van der Waals surface area contributed by atoms with Crippen LogP contribution in [0, 0.1) is 0 Å². The zero-order valence-corrected chi connectivity index (χ0v) is 9.82. The van der Waals surface area contributed by atoms with Gasteiger partial charge >= 0.3 is 0 Å². The molecule has 1 N–H and O–H groups in total. The third-order valence-electron chi connectivity index (χ3n) is 1.87. The van der Waals surface area contributed by atoms with Crippen molar-refractivity contribution in [1.29, 1.82) is 0 Å². The third kappa shape index (κ3) is 2.61. The molecule has 6 nitrogen and oxygen atoms in total. The first-order chi connectivity index (χ1) is 7.79. The van der Waals surface area contributed by atoms with Gasteiger partial charge in [0, 0.05) is 19.5 Å². The van der Waals surface area contributed by atoms with Gasteiger partial charge in [-0.1, -0.05) is 16.9 Å². The molecule has 0 aliphatic heterocycles. The van der Waals surface area contributed by atoms with Crippen molar-refractivity contribution in [1.82, 2.24) is 20.1 Å². The molecular weight excluding hydrogens is 228 g/mol. The van der Waals surface area contributed by atoms with E-state index in [2.05, 4.69) is 20.1 Å². The Morgan fingerprint density at radius 3 is 3.19 bits per heavy atom. The maximum Gasteiger partial charge on any atom is 0.240 e. The molecule has 0 aliphatic carbocycles. The minimum Gasteiger partial charge on any atom is -0.377 e. The normalized spacial score (nSPS) is 12.9. The molecule has 0 bridgehead atoms. The first-order valence-corrected chi connectivity index (χ1v) is 5.65. The molecular formula is C9H12N4O2S. The van der Waals surface area contributed by atoms with Gasteiger partial charge in [-0.3, -0.25) is 0 Å². The number of H-pyrrole nitrogens is 1. The van der Waals surface area contributed by atoms with Gasteiger partial charge in [-0.05, 0) is 6.92 Å². The van der Waals surface area contributed by atoms with E-state index in [-0.39, 0.29) is 5.25 Å². The quantitative estimate of drug-likeness (QED) is 0.803. The van der Waals surface area contributed by atoms with E-state index in [0.717, 1.165) is 5.16 Å². The molecule has 2 rings (SSSR count). The van der Waals surface area contributed by atoms with E-state index in [9.17, 15) is 0 Å². The summed E-state index contributed by atoms with van der Waals surface area (Å²) in [6.45, 7) is 2.35. The molecule has 86 valence electrons. The highest BCUT2D eigenvalue weighted by molar-refractivity contribution is 7.99. The highest BCUT2D eigenvalue weighted by atomic mass is 32.2. The Morgan fingerprint density at radius 2 is 2.50 bits per heavy atom. The Kier molecular flexibility index (Phi) is 3.58. The summed E-state index contributed by atoms with van der Waals surface area (Å²) in [4.78, 5) is 11.3. The van der Waals surface area contributed by atoms with Crippen LogP contribution in [0.15, 0.2) is 22.1 Å². The van der Waals surface area contributed by atoms with Crippen molar-refractivity contribution in [2.75, 3.05) is 7.11 Å². The van der Waals surface area contributed by atoms with Gasteiger partial charge in [0.15, 0.2) is 11.0 Å². The van der Waals surface area contributed by atoms with Gasteiger partial charge in [-0.15, -0.1) is 0 Å². The molecule has 2 aromatic rings. The van der Waals surface area contributed by atoms with Gasteiger partial charge in [0.2, 0.25) is 5.89 Å². The van der Waals surface area contributed by atoms with E-state index in [1.54, 1.807) is 19.5 Å². The summed E-state index contributed by atoms with van der Waals surface area (Å²) < 4.78 is 10.0. The first kappa shape index (κ1) is 11.2. The lowest BCUT2D eigenvalue weighted by Gasteiger charge is -2.01. The van der Waals surface area contributed by atoms with Crippen molar-refractivity contribution >= 4 is 11.8 Å². The van der Waals surface area contributed by atoms with Gasteiger partial charge in [0.05, 0.1) is 5.25 Å². The van der Waals surface area contributed by atoms with Crippen LogP contribution in [0.1, 0.15) is 23.9 Å². The largest absolute Gasteiger partial charge is 0.377 e. The third-order valence-corrected chi connectivity index (χ3v) is 2.87. The fraction of sp³-hybridized carbons (Fsp3) is 0.444. The molecule has 2 aromatic heterocycles. The minimum atomic E-state index is 0.0595. The molecule has 1 atom stereocenters. The van der Waals surface area contributed by atoms with Crippen LogP contribution in [0.4, 0.5) is 0 Å². The fourth-order valence-corrected chi connectivity index (χ4v) is 1.94. The van der Waals surface area contributed by atoms with Crippen LogP contribution in [0.25, 0.3) is 0 Å². The van der Waals surface area contributed by atoms with Gasteiger partial charge in [0.25, 0.3) is 0 Å². The number of aromatic amines is 1. The predicted octanol–water partition coefficient (Wildman–Crippen LogP) is 1.79. The number of aromatic nitrogens is 4. The smallest absolute Gasteiger partial charge is 0.240 e. The lowest BCUT2D eigenvalue weighted by Crippen LogP contribution is -1.92. The zero-order valence-electron chi connectivity index (χ0n) is 9.01. The summed E-state index contributed by atoms with van der Waals surface area (Å²) in [5.74, 6) is 1.14. The number of hydrogen-bond acceptors (Lipinski definition) is 6. The monoisotopic (exact) mass is 240 g/mol. The van der Waals surface area contributed by atoms with Crippen molar-refractivity contribution in [2.45, 2.75) is 23.9 Å². The fourth-order valence-electron chi connectivity index (χ4n) is 1.15. The molecule has 0 aliphatic rings. The maximum absolute atomic E-state index is 5.12. The molecule has 16 heavy (non-hydrogen) atoms. The molecule has 0 amide bonds. The summed E-state index contributed by atoms with van der Waals surface area (Å²) in [5.41, 5.74) is 0. The SMILES string of the molecule is COCc1noc([C@H](C)Sc2ncc[nH]2)n1. The van der Waals surface area contributed by atoms with Crippen molar-refractivity contribution in [2.24, 2.45) is 0 Å². The number of imidazole rings is 1. The first-order valence-electron chi connectivity index (χ1n) is 4.77. The van der Waals surface area contributed by atoms with Crippen LogP contribution in [0.5, 0.6) is 0 Å². The van der Waals surface area contributed by atoms with E-state index in [0.29, 0.717) is 18.3 Å². The number of nitrogens with zero attached hydrogens (tertiary/aromatic N) is 3. The highest BCUT2D eigenvalue weighted by Crippen LogP contribution is 2.31. The lowest BCUT2D eigenvalue weighted by atomic mass is 10.5. The Labute approximate surface area is 96.8 Å². The Morgan fingerprint density at radius 1 is 1.62 bits per heavy atom. The number of nitrogens with one attached hydrogen (secondary N) is 1. The van der Waals surface area contributed by atoms with Crippen LogP contribution >= 0.6 is 11.8 Å². The second kappa shape index (κ2) is 5.13. The molecule has 0 aromatic carbocycles. The standard InChI is InChI=1S/C9H12N4O2S/c1-6(16-9-10-3-4-11-9)8-12-7(5-14-2)13-15-8/h3-4,6H,5H2,1-2H3,(H,10,11)/t6-/m0/s1. The van der Waals surface area contributed by atoms with Gasteiger partial charge in [-0.25, -0.2) is 4.98 Å². The minimum absolute atomic E-state index is 0.0595. The van der Waals surface area contributed by atoms with Crippen molar-refractivity contribution in [3.8, 4) is 0 Å². The summed E-state index contributed by atoms with van der Waals surface area (Å²) in [7, 11) is 1.59. The van der Waals surface area contributed by atoms with Crippen LogP contribution in [0.3, 0.4) is 0 Å². The van der Waals surface area contributed by atoms with Gasteiger partial charge in [0.1, 0.15) is 6.61 Å². The van der Waals surface area contributed by atoms with E-state index >= 15 is 0 Å². The topological polar surface area (TPSA) is 76.8 Å². The van der Waals surface area contributed by atoms with Crippen molar-refractivity contribution in [3.63, 3.8) is 0 Å². The number of methoxy groups -OCH3 is 1. The number of rotatable bonds is 5. The molecule has 7 heteroatoms. The average Bonchev–Trinajstić information content (AvgIpc) is 2.89. The Balaban J connectivity index is 2.00. The van der Waals surface area contributed by atoms with Crippen LogP contribution in [0.2, 0.25) is 0 Å². The van der Waals surface area contributed by atoms with Crippen LogP contribution < -0.4 is 0 Å². The molecule has 0 saturated heterocycles. The molecule has 0 radical (unpaired) electrons. The summed E-state index contributed by atoms with van der Waals surface area (Å²) in [6, 6.07) is 0. The van der Waals surface area contributed by atoms with Gasteiger partial charge < -0.3 is 14.2 Å². The average molecular weight is 240 g/mol. The molecule has 0 spiro atoms.